The van der Waals surface area contributed by atoms with Crippen LogP contribution < -0.4 is 14.8 Å². The van der Waals surface area contributed by atoms with Crippen LogP contribution in [0.4, 0.5) is 4.79 Å². The van der Waals surface area contributed by atoms with E-state index in [1.807, 2.05) is 79.7 Å². The molecule has 3 aromatic carbocycles. The molecule has 0 saturated heterocycles. The van der Waals surface area contributed by atoms with Crippen LogP contribution in [0, 0.1) is 0 Å². The van der Waals surface area contributed by atoms with Gasteiger partial charge < -0.3 is 29.4 Å². The molecule has 8 nitrogen and oxygen atoms in total. The Hall–Kier alpha value is -4.46. The summed E-state index contributed by atoms with van der Waals surface area (Å²) in [6.45, 7) is 6.63. The molecule has 0 radical (unpaired) electrons. The first kappa shape index (κ1) is 27.1. The van der Waals surface area contributed by atoms with Gasteiger partial charge in [-0.05, 0) is 44.0 Å². The van der Waals surface area contributed by atoms with E-state index in [0.717, 1.165) is 27.6 Å². The number of amides is 2. The first-order valence-corrected chi connectivity index (χ1v) is 13.6. The van der Waals surface area contributed by atoms with Crippen LogP contribution in [0.1, 0.15) is 49.1 Å². The van der Waals surface area contributed by atoms with Crippen molar-refractivity contribution >= 4 is 22.9 Å². The normalized spacial score (nSPS) is 18.2. The van der Waals surface area contributed by atoms with Gasteiger partial charge in [-0.25, -0.2) is 9.59 Å². The lowest BCUT2D eigenvalue weighted by molar-refractivity contribution is -0.156. The van der Waals surface area contributed by atoms with Crippen molar-refractivity contribution < 1.29 is 23.8 Å². The van der Waals surface area contributed by atoms with Crippen molar-refractivity contribution in [2.24, 2.45) is 0 Å². The van der Waals surface area contributed by atoms with E-state index in [4.69, 9.17) is 14.2 Å². The number of esters is 1. The van der Waals surface area contributed by atoms with E-state index in [9.17, 15) is 9.59 Å². The summed E-state index contributed by atoms with van der Waals surface area (Å²) in [5.41, 5.74) is 2.88. The zero-order valence-electron chi connectivity index (χ0n) is 23.3. The maximum Gasteiger partial charge on any atom is 0.338 e. The first-order chi connectivity index (χ1) is 19.4. The number of ether oxygens (including phenoxy) is 3. The maximum atomic E-state index is 14.0. The van der Waals surface area contributed by atoms with Gasteiger partial charge in [0.05, 0.1) is 26.0 Å². The molecule has 2 atom stereocenters. The van der Waals surface area contributed by atoms with E-state index in [-0.39, 0.29) is 25.1 Å². The highest BCUT2D eigenvalue weighted by Gasteiger charge is 2.53. The fraction of sp³-hybridized carbons (Fsp3) is 0.312. The van der Waals surface area contributed by atoms with Crippen molar-refractivity contribution in [3.05, 3.63) is 95.2 Å². The summed E-state index contributed by atoms with van der Waals surface area (Å²) in [5, 5.41) is 4.01. The number of hydrogen-bond donors (Lipinski definition) is 2. The Morgan fingerprint density at radius 3 is 2.48 bits per heavy atom. The van der Waals surface area contributed by atoms with E-state index in [1.165, 1.54) is 0 Å². The number of carbonyl (C=O) groups is 2. The predicted octanol–water partition coefficient (Wildman–Crippen LogP) is 5.71. The topological polar surface area (TPSA) is 92.9 Å². The van der Waals surface area contributed by atoms with Gasteiger partial charge in [0.25, 0.3) is 0 Å². The quantitative estimate of drug-likeness (QED) is 0.279. The minimum Gasteiger partial charge on any atom is -0.493 e. The second kappa shape index (κ2) is 11.3. The Kier molecular flexibility index (Phi) is 7.69. The van der Waals surface area contributed by atoms with E-state index in [1.54, 1.807) is 25.9 Å². The summed E-state index contributed by atoms with van der Waals surface area (Å²) < 4.78 is 17.4. The molecule has 1 aromatic heterocycles. The smallest absolute Gasteiger partial charge is 0.338 e. The van der Waals surface area contributed by atoms with Gasteiger partial charge in [-0.3, -0.25) is 0 Å². The average Bonchev–Trinajstić information content (AvgIpc) is 3.38. The van der Waals surface area contributed by atoms with Crippen molar-refractivity contribution in [3.63, 3.8) is 0 Å². The number of nitrogens with one attached hydrogen (secondary N) is 2. The number of methoxy groups -OCH3 is 1. The van der Waals surface area contributed by atoms with Crippen LogP contribution in [-0.4, -0.2) is 48.8 Å². The van der Waals surface area contributed by atoms with E-state index in [0.29, 0.717) is 30.3 Å². The zero-order valence-corrected chi connectivity index (χ0v) is 23.3. The standard InChI is InChI=1S/C32H35N3O5/c1-5-39-28-22(16-12-18-26(28)38-4)24-20-35(31(37)33-19-21-13-8-7-9-14-21)32(3,30(36)40-6-2)29-27(24)23-15-10-11-17-25(23)34-29/h7-18,24,34H,5-6,19-20H2,1-4H3,(H,33,37). The molecule has 0 aliphatic carbocycles. The molecule has 40 heavy (non-hydrogen) atoms. The highest BCUT2D eigenvalue weighted by atomic mass is 16.5. The molecule has 2 N–H and O–H groups in total. The lowest BCUT2D eigenvalue weighted by atomic mass is 9.77. The number of fused-ring (bicyclic) bond motifs is 3. The summed E-state index contributed by atoms with van der Waals surface area (Å²) >= 11 is 0. The fourth-order valence-corrected chi connectivity index (χ4v) is 5.66. The molecule has 0 saturated carbocycles. The number of H-pyrrole nitrogens is 1. The van der Waals surface area contributed by atoms with Crippen LogP contribution in [0.15, 0.2) is 72.8 Å². The van der Waals surface area contributed by atoms with Gasteiger partial charge in [0.2, 0.25) is 0 Å². The third-order valence-corrected chi connectivity index (χ3v) is 7.58. The second-order valence-corrected chi connectivity index (χ2v) is 9.87. The fourth-order valence-electron chi connectivity index (χ4n) is 5.66. The van der Waals surface area contributed by atoms with Crippen LogP contribution in [0.3, 0.4) is 0 Å². The van der Waals surface area contributed by atoms with Crippen LogP contribution in [0.2, 0.25) is 0 Å². The van der Waals surface area contributed by atoms with Gasteiger partial charge in [0.1, 0.15) is 0 Å². The van der Waals surface area contributed by atoms with Gasteiger partial charge in [0.15, 0.2) is 17.0 Å². The SMILES string of the molecule is CCOC(=O)C1(C)c2[nH]c3ccccc3c2C(c2cccc(OC)c2OCC)CN1C(=O)NCc1ccccc1. The summed E-state index contributed by atoms with van der Waals surface area (Å²) in [4.78, 5) is 32.8. The number of hydrogen-bond acceptors (Lipinski definition) is 5. The third kappa shape index (κ3) is 4.63. The van der Waals surface area contributed by atoms with Crippen LogP contribution >= 0.6 is 0 Å². The molecule has 0 fully saturated rings. The maximum absolute atomic E-state index is 14.0. The van der Waals surface area contributed by atoms with Crippen molar-refractivity contribution in [3.8, 4) is 11.5 Å². The van der Waals surface area contributed by atoms with Crippen LogP contribution in [-0.2, 0) is 21.6 Å². The van der Waals surface area contributed by atoms with E-state index >= 15 is 0 Å². The lowest BCUT2D eigenvalue weighted by Gasteiger charge is -2.45. The molecular weight excluding hydrogens is 506 g/mol. The summed E-state index contributed by atoms with van der Waals surface area (Å²) in [6, 6.07) is 23.0. The zero-order chi connectivity index (χ0) is 28.3. The first-order valence-electron chi connectivity index (χ1n) is 13.6. The summed E-state index contributed by atoms with van der Waals surface area (Å²) in [5.74, 6) is 0.428. The Bertz CT molecular complexity index is 1520. The molecule has 2 heterocycles. The second-order valence-electron chi connectivity index (χ2n) is 9.87. The van der Waals surface area contributed by atoms with Crippen molar-refractivity contribution in [1.29, 1.82) is 0 Å². The molecule has 8 heteroatoms. The van der Waals surface area contributed by atoms with Gasteiger partial charge in [0, 0.05) is 35.5 Å². The monoisotopic (exact) mass is 541 g/mol. The van der Waals surface area contributed by atoms with Gasteiger partial charge in [-0.1, -0.05) is 60.7 Å². The summed E-state index contributed by atoms with van der Waals surface area (Å²) in [6.07, 6.45) is 0. The Labute approximate surface area is 234 Å². The molecule has 4 aromatic rings. The Balaban J connectivity index is 1.70. The third-order valence-electron chi connectivity index (χ3n) is 7.58. The largest absolute Gasteiger partial charge is 0.493 e. The van der Waals surface area contributed by atoms with Gasteiger partial charge >= 0.3 is 12.0 Å². The number of benzene rings is 3. The van der Waals surface area contributed by atoms with Crippen molar-refractivity contribution in [2.45, 2.75) is 38.8 Å². The number of urea groups is 1. The molecule has 0 spiro atoms. The molecule has 1 aliphatic heterocycles. The predicted molar refractivity (Wildman–Crippen MR) is 154 cm³/mol. The highest BCUT2D eigenvalue weighted by Crippen LogP contribution is 2.49. The Morgan fingerprint density at radius 2 is 1.75 bits per heavy atom. The molecule has 2 unspecified atom stereocenters. The van der Waals surface area contributed by atoms with Gasteiger partial charge in [-0.15, -0.1) is 0 Å². The number of aromatic amines is 1. The molecular formula is C32H35N3O5. The Morgan fingerprint density at radius 1 is 1.00 bits per heavy atom. The highest BCUT2D eigenvalue weighted by molar-refractivity contribution is 5.94. The van der Waals surface area contributed by atoms with Crippen LogP contribution in [0.5, 0.6) is 11.5 Å². The average molecular weight is 542 g/mol. The molecule has 208 valence electrons. The van der Waals surface area contributed by atoms with E-state index in [2.05, 4.69) is 10.3 Å². The van der Waals surface area contributed by atoms with Gasteiger partial charge in [-0.2, -0.15) is 0 Å². The number of carbonyl (C=O) groups excluding carboxylic acids is 2. The lowest BCUT2D eigenvalue weighted by Crippen LogP contribution is -2.60. The van der Waals surface area contributed by atoms with Crippen LogP contribution in [0.25, 0.3) is 10.9 Å². The summed E-state index contributed by atoms with van der Waals surface area (Å²) in [7, 11) is 1.61. The number of aromatic nitrogens is 1. The minimum atomic E-state index is -1.40. The van der Waals surface area contributed by atoms with Crippen molar-refractivity contribution in [1.82, 2.24) is 15.2 Å². The number of nitrogens with zero attached hydrogens (tertiary/aromatic N) is 1. The molecule has 2 amide bonds. The van der Waals surface area contributed by atoms with E-state index < -0.39 is 11.5 Å². The number of rotatable bonds is 8. The minimum absolute atomic E-state index is 0.192. The molecule has 1 aliphatic rings. The van der Waals surface area contributed by atoms with Crippen molar-refractivity contribution in [2.75, 3.05) is 26.9 Å². The number of para-hydroxylation sites is 2. The molecule has 0 bridgehead atoms. The molecule has 5 rings (SSSR count).